The molecule has 3 heterocycles. The number of rotatable bonds is 5. The van der Waals surface area contributed by atoms with Gasteiger partial charge >= 0.3 is 0 Å². The minimum Gasteiger partial charge on any atom is -0.444 e. The van der Waals surface area contributed by atoms with Gasteiger partial charge in [-0.3, -0.25) is 0 Å². The Kier molecular flexibility index (Phi) is 6.43. The topological polar surface area (TPSA) is 68.3 Å². The smallest absolute Gasteiger partial charge is 0.204 e. The number of hydrogen-bond acceptors (Lipinski definition) is 6. The van der Waals surface area contributed by atoms with E-state index in [4.69, 9.17) is 9.68 Å². The van der Waals surface area contributed by atoms with E-state index in [0.29, 0.717) is 17.4 Å². The summed E-state index contributed by atoms with van der Waals surface area (Å²) in [7, 11) is 4.37. The van der Waals surface area contributed by atoms with Crippen LogP contribution in [0.1, 0.15) is 44.3 Å². The molecule has 2 aromatic rings. The summed E-state index contributed by atoms with van der Waals surface area (Å²) in [6, 6.07) is 4.99. The highest BCUT2D eigenvalue weighted by Gasteiger charge is 2.30. The average molecular weight is 460 g/mol. The molecule has 0 amide bonds. The zero-order valence-electron chi connectivity index (χ0n) is 17.3. The highest BCUT2D eigenvalue weighted by Crippen LogP contribution is 2.34. The first-order chi connectivity index (χ1) is 14.0. The highest BCUT2D eigenvalue weighted by atomic mass is 79.9. The van der Waals surface area contributed by atoms with E-state index in [0.717, 1.165) is 27.6 Å². The lowest BCUT2D eigenvalue weighted by molar-refractivity contribution is 0.0862. The molecular formula is C22H30BrN5O. The van der Waals surface area contributed by atoms with Crippen molar-refractivity contribution < 1.29 is 4.42 Å². The van der Waals surface area contributed by atoms with Gasteiger partial charge in [0.15, 0.2) is 5.58 Å². The number of pyridine rings is 1. The average Bonchev–Trinajstić information content (AvgIpc) is 3.15. The van der Waals surface area contributed by atoms with Gasteiger partial charge in [0.05, 0.1) is 10.7 Å². The summed E-state index contributed by atoms with van der Waals surface area (Å²) in [6.45, 7) is 3.72. The minimum absolute atomic E-state index is 0.314. The Morgan fingerprint density at radius 1 is 1.31 bits per heavy atom. The third kappa shape index (κ3) is 4.76. The zero-order chi connectivity index (χ0) is 20.4. The maximum Gasteiger partial charge on any atom is 0.204 e. The second-order valence-electron chi connectivity index (χ2n) is 8.84. The third-order valence-corrected chi connectivity index (χ3v) is 7.16. The monoisotopic (exact) mass is 459 g/mol. The molecule has 1 aliphatic heterocycles. The summed E-state index contributed by atoms with van der Waals surface area (Å²) in [5.41, 5.74) is 0.639. The quantitative estimate of drug-likeness (QED) is 0.711. The molecule has 156 valence electrons. The summed E-state index contributed by atoms with van der Waals surface area (Å²) >= 11 is 3.65. The number of hydrogen-bond donors (Lipinski definition) is 1. The molecule has 1 N–H and O–H groups in total. The first-order valence-electron chi connectivity index (χ1n) is 10.7. The Balaban J connectivity index is 1.34. The lowest BCUT2D eigenvalue weighted by Gasteiger charge is -2.42. The van der Waals surface area contributed by atoms with Crippen LogP contribution in [-0.2, 0) is 0 Å². The number of fused-ring (bicyclic) bond motifs is 1. The van der Waals surface area contributed by atoms with Gasteiger partial charge in [-0.05, 0) is 81.0 Å². The van der Waals surface area contributed by atoms with Gasteiger partial charge in [-0.15, -0.1) is 0 Å². The molecule has 6 nitrogen and oxygen atoms in total. The lowest BCUT2D eigenvalue weighted by atomic mass is 9.87. The van der Waals surface area contributed by atoms with Crippen LogP contribution in [0.3, 0.4) is 0 Å². The van der Waals surface area contributed by atoms with Crippen molar-refractivity contribution in [1.82, 2.24) is 14.8 Å². The van der Waals surface area contributed by atoms with Crippen molar-refractivity contribution in [3.63, 3.8) is 0 Å². The van der Waals surface area contributed by atoms with Crippen molar-refractivity contribution in [2.45, 2.75) is 50.6 Å². The standard InChI is InChI=1S/C22H30BrN5O/c1-27(2)13-15-4-3-9-28(14-15)17-7-5-16(6-8-17)26-22-21(23)19-10-18(11-24)29-20(19)12-25-22/h10,12,15-17H,3-9,13-14H2,1-2H3,(H,25,26)/t15-,16?,17?/m0/s1. The molecule has 1 saturated carbocycles. The van der Waals surface area contributed by atoms with E-state index in [9.17, 15) is 0 Å². The molecule has 2 aromatic heterocycles. The highest BCUT2D eigenvalue weighted by molar-refractivity contribution is 9.10. The number of halogens is 1. The molecule has 2 aliphatic rings. The van der Waals surface area contributed by atoms with Gasteiger partial charge in [0.25, 0.3) is 0 Å². The van der Waals surface area contributed by atoms with Crippen LogP contribution in [0.2, 0.25) is 0 Å². The number of piperidine rings is 1. The number of nitrogens with zero attached hydrogens (tertiary/aromatic N) is 4. The number of aromatic nitrogens is 1. The largest absolute Gasteiger partial charge is 0.444 e. The zero-order valence-corrected chi connectivity index (χ0v) is 18.9. The van der Waals surface area contributed by atoms with Crippen LogP contribution >= 0.6 is 15.9 Å². The SMILES string of the molecule is CN(C)C[C@@H]1CCCN(C2CCC(Nc3ncc4oc(C#N)cc4c3Br)CC2)C1. The van der Waals surface area contributed by atoms with Crippen LogP contribution < -0.4 is 5.32 Å². The van der Waals surface area contributed by atoms with E-state index in [1.54, 1.807) is 12.3 Å². The van der Waals surface area contributed by atoms with Crippen molar-refractivity contribution in [1.29, 1.82) is 5.26 Å². The molecule has 0 bridgehead atoms. The van der Waals surface area contributed by atoms with Gasteiger partial charge in [0, 0.05) is 36.6 Å². The first kappa shape index (κ1) is 20.6. The van der Waals surface area contributed by atoms with Gasteiger partial charge in [-0.25, -0.2) is 4.98 Å². The van der Waals surface area contributed by atoms with Crippen LogP contribution in [0.25, 0.3) is 11.0 Å². The molecule has 1 saturated heterocycles. The van der Waals surface area contributed by atoms with Gasteiger partial charge in [-0.1, -0.05) is 0 Å². The maximum atomic E-state index is 9.05. The Labute approximate surface area is 181 Å². The van der Waals surface area contributed by atoms with E-state index in [1.807, 2.05) is 0 Å². The van der Waals surface area contributed by atoms with Crippen LogP contribution in [0, 0.1) is 17.2 Å². The van der Waals surface area contributed by atoms with E-state index in [1.165, 1.54) is 58.2 Å². The lowest BCUT2D eigenvalue weighted by Crippen LogP contribution is -2.47. The normalized spacial score (nSPS) is 26.0. The summed E-state index contributed by atoms with van der Waals surface area (Å²) in [5.74, 6) is 1.97. The molecule has 1 atom stereocenters. The maximum absolute atomic E-state index is 9.05. The van der Waals surface area contributed by atoms with Crippen LogP contribution in [0.15, 0.2) is 21.2 Å². The predicted molar refractivity (Wildman–Crippen MR) is 119 cm³/mol. The van der Waals surface area contributed by atoms with Crippen LogP contribution in [0.5, 0.6) is 0 Å². The summed E-state index contributed by atoms with van der Waals surface area (Å²) in [4.78, 5) is 9.60. The molecule has 29 heavy (non-hydrogen) atoms. The van der Waals surface area contributed by atoms with Crippen molar-refractivity contribution in [3.8, 4) is 6.07 Å². The fourth-order valence-corrected chi connectivity index (χ4v) is 5.54. The fraction of sp³-hybridized carbons (Fsp3) is 0.636. The molecule has 1 aliphatic carbocycles. The molecular weight excluding hydrogens is 430 g/mol. The van der Waals surface area contributed by atoms with Gasteiger partial charge in [0.1, 0.15) is 11.9 Å². The molecule has 2 fully saturated rings. The van der Waals surface area contributed by atoms with Gasteiger partial charge in [0.2, 0.25) is 5.76 Å². The number of nitrogens with one attached hydrogen (secondary N) is 1. The number of anilines is 1. The van der Waals surface area contributed by atoms with Crippen LogP contribution in [0.4, 0.5) is 5.82 Å². The van der Waals surface area contributed by atoms with E-state index in [2.05, 4.69) is 56.2 Å². The second-order valence-corrected chi connectivity index (χ2v) is 9.63. The Bertz CT molecular complexity index is 881. The van der Waals surface area contributed by atoms with Crippen molar-refractivity contribution in [2.24, 2.45) is 5.92 Å². The molecule has 0 radical (unpaired) electrons. The van der Waals surface area contributed by atoms with Gasteiger partial charge < -0.3 is 19.5 Å². The first-order valence-corrected chi connectivity index (χ1v) is 11.5. The van der Waals surface area contributed by atoms with Crippen molar-refractivity contribution >= 4 is 32.7 Å². The second kappa shape index (κ2) is 9.03. The molecule has 0 spiro atoms. The Morgan fingerprint density at radius 3 is 2.83 bits per heavy atom. The Hall–Kier alpha value is -1.62. The van der Waals surface area contributed by atoms with Crippen LogP contribution in [-0.4, -0.2) is 60.6 Å². The van der Waals surface area contributed by atoms with E-state index in [-0.39, 0.29) is 0 Å². The number of likely N-dealkylation sites (tertiary alicyclic amines) is 1. The molecule has 0 unspecified atom stereocenters. The van der Waals surface area contributed by atoms with Crippen molar-refractivity contribution in [3.05, 3.63) is 22.5 Å². The summed E-state index contributed by atoms with van der Waals surface area (Å²) in [5, 5.41) is 13.6. The van der Waals surface area contributed by atoms with Gasteiger partial charge in [-0.2, -0.15) is 5.26 Å². The van der Waals surface area contributed by atoms with E-state index < -0.39 is 0 Å². The predicted octanol–water partition coefficient (Wildman–Crippen LogP) is 4.46. The number of furan rings is 1. The summed E-state index contributed by atoms with van der Waals surface area (Å²) in [6.07, 6.45) is 9.24. The Morgan fingerprint density at radius 2 is 2.10 bits per heavy atom. The summed E-state index contributed by atoms with van der Waals surface area (Å²) < 4.78 is 6.35. The number of nitriles is 1. The van der Waals surface area contributed by atoms with Crippen molar-refractivity contribution in [2.75, 3.05) is 39.0 Å². The molecule has 4 rings (SSSR count). The molecule has 0 aromatic carbocycles. The minimum atomic E-state index is 0.314. The van der Waals surface area contributed by atoms with E-state index >= 15 is 0 Å². The fourth-order valence-electron chi connectivity index (χ4n) is 5.01. The third-order valence-electron chi connectivity index (χ3n) is 6.35. The molecule has 7 heteroatoms.